The van der Waals surface area contributed by atoms with E-state index >= 15 is 0 Å². The number of carbonyl (C=O) groups excluding carboxylic acids is 1. The Bertz CT molecular complexity index is 1150. The maximum atomic E-state index is 12.5. The number of hydrogen-bond acceptors (Lipinski definition) is 8. The number of aromatic nitrogens is 1. The molecular formula is C19H13ClN2O7. The summed E-state index contributed by atoms with van der Waals surface area (Å²) in [5.41, 5.74) is 0.403. The number of ether oxygens (including phenoxy) is 4. The number of carbonyl (C=O) groups is 1. The van der Waals surface area contributed by atoms with Gasteiger partial charge in [0, 0.05) is 23.1 Å². The zero-order valence-corrected chi connectivity index (χ0v) is 15.8. The smallest absolute Gasteiger partial charge is 0.345 e. The van der Waals surface area contributed by atoms with Crippen molar-refractivity contribution in [2.75, 3.05) is 13.9 Å². The van der Waals surface area contributed by atoms with Crippen molar-refractivity contribution < 1.29 is 28.7 Å². The highest BCUT2D eigenvalue weighted by Gasteiger charge is 2.28. The lowest BCUT2D eigenvalue weighted by atomic mass is 10.1. The van der Waals surface area contributed by atoms with Crippen LogP contribution in [0.2, 0.25) is 5.15 Å². The van der Waals surface area contributed by atoms with Crippen LogP contribution in [-0.2, 0) is 11.3 Å². The first-order chi connectivity index (χ1) is 14.0. The number of nitrogens with zero attached hydrogens (tertiary/aromatic N) is 2. The van der Waals surface area contributed by atoms with E-state index in [2.05, 4.69) is 4.98 Å². The van der Waals surface area contributed by atoms with Gasteiger partial charge in [0.05, 0.1) is 23.6 Å². The highest BCUT2D eigenvalue weighted by Crippen LogP contribution is 2.38. The second kappa shape index (κ2) is 7.44. The van der Waals surface area contributed by atoms with Gasteiger partial charge in [-0.3, -0.25) is 10.1 Å². The molecule has 0 radical (unpaired) electrons. The molecule has 1 aliphatic heterocycles. The second-order valence-corrected chi connectivity index (χ2v) is 6.41. The summed E-state index contributed by atoms with van der Waals surface area (Å²) in [6, 6.07) is 9.39. The summed E-state index contributed by atoms with van der Waals surface area (Å²) in [6.45, 7) is -0.285. The Morgan fingerprint density at radius 2 is 2.00 bits per heavy atom. The average molecular weight is 417 g/mol. The predicted octanol–water partition coefficient (Wildman–Crippen LogP) is 3.89. The molecule has 0 N–H and O–H groups in total. The molecular weight excluding hydrogens is 404 g/mol. The molecule has 0 fully saturated rings. The Morgan fingerprint density at radius 3 is 2.72 bits per heavy atom. The lowest BCUT2D eigenvalue weighted by Crippen LogP contribution is -2.09. The molecule has 0 saturated carbocycles. The summed E-state index contributed by atoms with van der Waals surface area (Å²) >= 11 is 6.20. The topological polar surface area (TPSA) is 110 Å². The van der Waals surface area contributed by atoms with E-state index < -0.39 is 16.6 Å². The maximum Gasteiger partial charge on any atom is 0.345 e. The Balaban J connectivity index is 1.59. The SMILES string of the molecule is COc1ccc2cc(COC(=O)c3cc4c(cc3[N+](=O)[O-])OCO4)c(Cl)nc2c1. The summed E-state index contributed by atoms with van der Waals surface area (Å²) in [4.78, 5) is 27.4. The number of pyridine rings is 1. The Hall–Kier alpha value is -3.59. The van der Waals surface area contributed by atoms with Crippen molar-refractivity contribution in [1.82, 2.24) is 4.98 Å². The van der Waals surface area contributed by atoms with Gasteiger partial charge in [0.2, 0.25) is 6.79 Å². The molecule has 0 atom stereocenters. The third-order valence-electron chi connectivity index (χ3n) is 4.32. The minimum absolute atomic E-state index is 0.0753. The first-order valence-electron chi connectivity index (χ1n) is 8.34. The normalized spacial score (nSPS) is 12.1. The molecule has 1 aromatic heterocycles. The van der Waals surface area contributed by atoms with Crippen LogP contribution in [0, 0.1) is 10.1 Å². The third kappa shape index (κ3) is 3.59. The van der Waals surface area contributed by atoms with Crippen molar-refractivity contribution in [3.05, 3.63) is 62.8 Å². The van der Waals surface area contributed by atoms with E-state index in [1.54, 1.807) is 31.4 Å². The van der Waals surface area contributed by atoms with Gasteiger partial charge in [0.1, 0.15) is 23.1 Å². The van der Waals surface area contributed by atoms with Crippen LogP contribution >= 0.6 is 11.6 Å². The zero-order chi connectivity index (χ0) is 20.5. The van der Waals surface area contributed by atoms with Gasteiger partial charge in [-0.2, -0.15) is 0 Å². The fraction of sp³-hybridized carbons (Fsp3) is 0.158. The number of nitro benzene ring substituents is 1. The molecule has 1 aliphatic rings. The zero-order valence-electron chi connectivity index (χ0n) is 15.0. The summed E-state index contributed by atoms with van der Waals surface area (Å²) in [7, 11) is 1.55. The van der Waals surface area contributed by atoms with Gasteiger partial charge in [-0.05, 0) is 18.2 Å². The van der Waals surface area contributed by atoms with Crippen LogP contribution in [0.25, 0.3) is 10.9 Å². The molecule has 4 rings (SSSR count). The van der Waals surface area contributed by atoms with Crippen LogP contribution in [0.15, 0.2) is 36.4 Å². The van der Waals surface area contributed by atoms with Gasteiger partial charge < -0.3 is 18.9 Å². The first-order valence-corrected chi connectivity index (χ1v) is 8.72. The van der Waals surface area contributed by atoms with Gasteiger partial charge in [0.25, 0.3) is 5.69 Å². The highest BCUT2D eigenvalue weighted by atomic mass is 35.5. The van der Waals surface area contributed by atoms with E-state index in [4.69, 9.17) is 30.5 Å². The van der Waals surface area contributed by atoms with Crippen LogP contribution in [0.4, 0.5) is 5.69 Å². The van der Waals surface area contributed by atoms with Crippen LogP contribution < -0.4 is 14.2 Å². The summed E-state index contributed by atoms with van der Waals surface area (Å²) < 4.78 is 20.7. The summed E-state index contributed by atoms with van der Waals surface area (Å²) in [6.07, 6.45) is 0. The van der Waals surface area contributed by atoms with Gasteiger partial charge in [-0.1, -0.05) is 11.6 Å². The van der Waals surface area contributed by atoms with E-state index in [-0.39, 0.29) is 35.6 Å². The molecule has 0 saturated heterocycles. The Labute approximate surface area is 168 Å². The summed E-state index contributed by atoms with van der Waals surface area (Å²) in [5.74, 6) is 0.184. The number of fused-ring (bicyclic) bond motifs is 2. The first kappa shape index (κ1) is 18.8. The Kier molecular flexibility index (Phi) is 4.81. The van der Waals surface area contributed by atoms with Crippen LogP contribution in [0.1, 0.15) is 15.9 Å². The molecule has 0 unspecified atom stereocenters. The van der Waals surface area contributed by atoms with Crippen molar-refractivity contribution in [3.63, 3.8) is 0 Å². The lowest BCUT2D eigenvalue weighted by Gasteiger charge is -2.09. The van der Waals surface area contributed by atoms with Crippen molar-refractivity contribution >= 4 is 34.2 Å². The van der Waals surface area contributed by atoms with Crippen LogP contribution in [0.3, 0.4) is 0 Å². The quantitative estimate of drug-likeness (QED) is 0.266. The van der Waals surface area contributed by atoms with Crippen LogP contribution in [0.5, 0.6) is 17.2 Å². The largest absolute Gasteiger partial charge is 0.497 e. The summed E-state index contributed by atoms with van der Waals surface area (Å²) in [5, 5.41) is 12.2. The number of halogens is 1. The van der Waals surface area contributed by atoms with Gasteiger partial charge in [-0.15, -0.1) is 0 Å². The van der Waals surface area contributed by atoms with Crippen molar-refractivity contribution in [2.24, 2.45) is 0 Å². The molecule has 9 nitrogen and oxygen atoms in total. The monoisotopic (exact) mass is 416 g/mol. The highest BCUT2D eigenvalue weighted by molar-refractivity contribution is 6.30. The molecule has 3 aromatic rings. The molecule has 148 valence electrons. The molecule has 2 aromatic carbocycles. The van der Waals surface area contributed by atoms with Crippen molar-refractivity contribution in [3.8, 4) is 17.2 Å². The maximum absolute atomic E-state index is 12.5. The number of hydrogen-bond donors (Lipinski definition) is 0. The van der Waals surface area contributed by atoms with Crippen LogP contribution in [-0.4, -0.2) is 29.8 Å². The van der Waals surface area contributed by atoms with E-state index in [1.165, 1.54) is 6.07 Å². The molecule has 10 heteroatoms. The number of esters is 1. The van der Waals surface area contributed by atoms with E-state index in [0.29, 0.717) is 16.8 Å². The fourth-order valence-electron chi connectivity index (χ4n) is 2.86. The molecule has 0 aliphatic carbocycles. The van der Waals surface area contributed by atoms with E-state index in [0.717, 1.165) is 11.5 Å². The van der Waals surface area contributed by atoms with E-state index in [9.17, 15) is 14.9 Å². The molecule has 2 heterocycles. The lowest BCUT2D eigenvalue weighted by molar-refractivity contribution is -0.385. The molecule has 0 amide bonds. The van der Waals surface area contributed by atoms with Gasteiger partial charge in [-0.25, -0.2) is 9.78 Å². The molecule has 0 spiro atoms. The molecule has 0 bridgehead atoms. The predicted molar refractivity (Wildman–Crippen MR) is 102 cm³/mol. The minimum atomic E-state index is -0.888. The van der Waals surface area contributed by atoms with Gasteiger partial charge >= 0.3 is 5.97 Å². The average Bonchev–Trinajstić information content (AvgIpc) is 3.18. The van der Waals surface area contributed by atoms with Crippen molar-refractivity contribution in [2.45, 2.75) is 6.61 Å². The second-order valence-electron chi connectivity index (χ2n) is 6.05. The fourth-order valence-corrected chi connectivity index (χ4v) is 3.06. The number of nitro groups is 1. The minimum Gasteiger partial charge on any atom is -0.497 e. The number of rotatable bonds is 5. The van der Waals surface area contributed by atoms with Crippen molar-refractivity contribution in [1.29, 1.82) is 0 Å². The third-order valence-corrected chi connectivity index (χ3v) is 4.64. The standard InChI is InChI=1S/C19H13ClN2O7/c1-26-12-3-2-10-4-11(18(20)21-14(10)5-12)8-27-19(23)13-6-16-17(29-9-28-16)7-15(13)22(24)25/h2-7H,8-9H2,1H3. The van der Waals surface area contributed by atoms with Gasteiger partial charge in [0.15, 0.2) is 11.5 Å². The van der Waals surface area contributed by atoms with E-state index in [1.807, 2.05) is 0 Å². The Morgan fingerprint density at radius 1 is 1.24 bits per heavy atom. The number of benzene rings is 2. The number of methoxy groups -OCH3 is 1. The molecule has 29 heavy (non-hydrogen) atoms.